The number of ether oxygens (including phenoxy) is 2. The first-order chi connectivity index (χ1) is 13.5. The summed E-state index contributed by atoms with van der Waals surface area (Å²) in [6.45, 7) is 4.17. The maximum absolute atomic E-state index is 12.9. The average molecular weight is 449 g/mol. The molecule has 28 heavy (non-hydrogen) atoms. The summed E-state index contributed by atoms with van der Waals surface area (Å²) >= 11 is 3.40. The summed E-state index contributed by atoms with van der Waals surface area (Å²) in [6, 6.07) is 14.1. The summed E-state index contributed by atoms with van der Waals surface area (Å²) in [6.07, 6.45) is 0. The molecule has 0 unspecified atom stereocenters. The van der Waals surface area contributed by atoms with Crippen LogP contribution in [0.4, 0.5) is 0 Å². The van der Waals surface area contributed by atoms with E-state index in [1.54, 1.807) is 32.2 Å². The summed E-state index contributed by atoms with van der Waals surface area (Å²) in [5.41, 5.74) is 0.921. The molecule has 2 rings (SSSR count). The zero-order chi connectivity index (χ0) is 20.5. The number of rotatable bonds is 9. The third kappa shape index (κ3) is 5.99. The van der Waals surface area contributed by atoms with E-state index >= 15 is 0 Å². The fraction of sp³-hybridized carbons (Fsp3) is 0.333. The van der Waals surface area contributed by atoms with Gasteiger partial charge < -0.3 is 19.7 Å². The van der Waals surface area contributed by atoms with Crippen LogP contribution in [0.25, 0.3) is 0 Å². The Morgan fingerprint density at radius 3 is 2.36 bits per heavy atom. The molecular weight excluding hydrogens is 424 g/mol. The maximum Gasteiger partial charge on any atom is 0.261 e. The Labute approximate surface area is 174 Å². The van der Waals surface area contributed by atoms with Crippen LogP contribution >= 0.6 is 15.9 Å². The van der Waals surface area contributed by atoms with Gasteiger partial charge in [0, 0.05) is 17.6 Å². The summed E-state index contributed by atoms with van der Waals surface area (Å²) in [4.78, 5) is 26.8. The third-order valence-corrected chi connectivity index (χ3v) is 4.73. The van der Waals surface area contributed by atoms with Crippen LogP contribution in [0.2, 0.25) is 0 Å². The minimum absolute atomic E-state index is 0.194. The molecule has 0 heterocycles. The highest BCUT2D eigenvalue weighted by Crippen LogP contribution is 2.26. The van der Waals surface area contributed by atoms with Gasteiger partial charge in [-0.3, -0.25) is 9.59 Å². The number of nitrogens with zero attached hydrogens (tertiary/aromatic N) is 1. The first kappa shape index (κ1) is 21.8. The van der Waals surface area contributed by atoms with E-state index in [1.165, 1.54) is 4.90 Å². The number of likely N-dealkylation sites (N-methyl/N-ethyl adjacent to an activating group) is 1. The minimum Gasteiger partial charge on any atom is -0.493 e. The van der Waals surface area contributed by atoms with Crippen LogP contribution in [0, 0.1) is 0 Å². The van der Waals surface area contributed by atoms with Crippen LogP contribution in [-0.2, 0) is 16.1 Å². The molecule has 0 radical (unpaired) electrons. The van der Waals surface area contributed by atoms with E-state index in [2.05, 4.69) is 21.2 Å². The highest BCUT2D eigenvalue weighted by molar-refractivity contribution is 9.10. The SMILES string of the molecule is CCNC(=O)[C@@H](C)N(Cc1ccc(Br)cc1)C(=O)COc1ccccc1OC. The molecule has 0 aromatic heterocycles. The van der Waals surface area contributed by atoms with Crippen molar-refractivity contribution in [2.24, 2.45) is 0 Å². The molecule has 2 amide bonds. The van der Waals surface area contributed by atoms with Gasteiger partial charge in [0.15, 0.2) is 18.1 Å². The van der Waals surface area contributed by atoms with Gasteiger partial charge in [0.25, 0.3) is 5.91 Å². The standard InChI is InChI=1S/C21H25BrN2O4/c1-4-23-21(26)15(2)24(13-16-9-11-17(22)12-10-16)20(25)14-28-19-8-6-5-7-18(19)27-3/h5-12,15H,4,13-14H2,1-3H3,(H,23,26)/t15-/m1/s1. The highest BCUT2D eigenvalue weighted by Gasteiger charge is 2.26. The lowest BCUT2D eigenvalue weighted by Crippen LogP contribution is -2.49. The number of nitrogens with one attached hydrogen (secondary N) is 1. The van der Waals surface area contributed by atoms with Crippen molar-refractivity contribution in [3.8, 4) is 11.5 Å². The fourth-order valence-electron chi connectivity index (χ4n) is 2.65. The first-order valence-electron chi connectivity index (χ1n) is 9.03. The zero-order valence-electron chi connectivity index (χ0n) is 16.3. The molecule has 150 valence electrons. The third-order valence-electron chi connectivity index (χ3n) is 4.20. The number of benzene rings is 2. The van der Waals surface area contributed by atoms with Crippen LogP contribution in [0.3, 0.4) is 0 Å². The lowest BCUT2D eigenvalue weighted by Gasteiger charge is -2.28. The molecule has 0 saturated heterocycles. The number of halogens is 1. The molecule has 0 spiro atoms. The molecule has 7 heteroatoms. The average Bonchev–Trinajstić information content (AvgIpc) is 2.71. The van der Waals surface area contributed by atoms with E-state index in [0.29, 0.717) is 24.6 Å². The Kier molecular flexibility index (Phi) is 8.32. The van der Waals surface area contributed by atoms with E-state index in [-0.39, 0.29) is 18.4 Å². The molecule has 0 aliphatic carbocycles. The van der Waals surface area contributed by atoms with Crippen molar-refractivity contribution in [3.05, 3.63) is 58.6 Å². The van der Waals surface area contributed by atoms with Crippen molar-refractivity contribution in [1.82, 2.24) is 10.2 Å². The Morgan fingerprint density at radius 2 is 1.75 bits per heavy atom. The van der Waals surface area contributed by atoms with Crippen LogP contribution in [0.1, 0.15) is 19.4 Å². The summed E-state index contributed by atoms with van der Waals surface area (Å²) in [7, 11) is 1.54. The Hall–Kier alpha value is -2.54. The zero-order valence-corrected chi connectivity index (χ0v) is 17.9. The number of carbonyl (C=O) groups excluding carboxylic acids is 2. The van der Waals surface area contributed by atoms with Gasteiger partial charge in [-0.2, -0.15) is 0 Å². The van der Waals surface area contributed by atoms with Gasteiger partial charge in [0.05, 0.1) is 7.11 Å². The van der Waals surface area contributed by atoms with Gasteiger partial charge in [-0.25, -0.2) is 0 Å². The molecule has 6 nitrogen and oxygen atoms in total. The Morgan fingerprint density at radius 1 is 1.11 bits per heavy atom. The Bertz CT molecular complexity index is 795. The van der Waals surface area contributed by atoms with Crippen molar-refractivity contribution in [2.75, 3.05) is 20.3 Å². The van der Waals surface area contributed by atoms with E-state index < -0.39 is 6.04 Å². The number of para-hydroxylation sites is 2. The molecule has 0 bridgehead atoms. The van der Waals surface area contributed by atoms with E-state index in [1.807, 2.05) is 37.3 Å². The largest absolute Gasteiger partial charge is 0.493 e. The molecule has 2 aromatic rings. The number of amides is 2. The van der Waals surface area contributed by atoms with Crippen LogP contribution in [0.5, 0.6) is 11.5 Å². The molecule has 0 saturated carbocycles. The Balaban J connectivity index is 2.15. The first-order valence-corrected chi connectivity index (χ1v) is 9.83. The van der Waals surface area contributed by atoms with Crippen molar-refractivity contribution >= 4 is 27.7 Å². The summed E-state index contributed by atoms with van der Waals surface area (Å²) in [5.74, 6) is 0.539. The van der Waals surface area contributed by atoms with Gasteiger partial charge in [0.1, 0.15) is 6.04 Å². The van der Waals surface area contributed by atoms with Gasteiger partial charge in [-0.05, 0) is 43.7 Å². The number of carbonyl (C=O) groups is 2. The summed E-state index contributed by atoms with van der Waals surface area (Å²) in [5, 5.41) is 2.77. The second-order valence-electron chi connectivity index (χ2n) is 6.16. The monoisotopic (exact) mass is 448 g/mol. The quantitative estimate of drug-likeness (QED) is 0.638. The molecule has 0 aliphatic rings. The van der Waals surface area contributed by atoms with Gasteiger partial charge in [0.2, 0.25) is 5.91 Å². The van der Waals surface area contributed by atoms with Crippen LogP contribution in [0.15, 0.2) is 53.0 Å². The maximum atomic E-state index is 12.9. The molecule has 1 atom stereocenters. The molecule has 1 N–H and O–H groups in total. The normalized spacial score (nSPS) is 11.4. The topological polar surface area (TPSA) is 67.9 Å². The number of methoxy groups -OCH3 is 1. The fourth-order valence-corrected chi connectivity index (χ4v) is 2.92. The lowest BCUT2D eigenvalue weighted by molar-refractivity contribution is -0.142. The number of hydrogen-bond acceptors (Lipinski definition) is 4. The molecule has 0 aliphatic heterocycles. The highest BCUT2D eigenvalue weighted by atomic mass is 79.9. The van der Waals surface area contributed by atoms with Crippen molar-refractivity contribution < 1.29 is 19.1 Å². The van der Waals surface area contributed by atoms with E-state index in [9.17, 15) is 9.59 Å². The van der Waals surface area contributed by atoms with Crippen molar-refractivity contribution in [2.45, 2.75) is 26.4 Å². The van der Waals surface area contributed by atoms with E-state index in [0.717, 1.165) is 10.0 Å². The smallest absolute Gasteiger partial charge is 0.261 e. The second-order valence-corrected chi connectivity index (χ2v) is 7.07. The molecular formula is C21H25BrN2O4. The second kappa shape index (κ2) is 10.7. The predicted molar refractivity (Wildman–Crippen MR) is 111 cm³/mol. The molecule has 2 aromatic carbocycles. The lowest BCUT2D eigenvalue weighted by atomic mass is 10.1. The van der Waals surface area contributed by atoms with Gasteiger partial charge in [-0.15, -0.1) is 0 Å². The van der Waals surface area contributed by atoms with E-state index in [4.69, 9.17) is 9.47 Å². The van der Waals surface area contributed by atoms with Gasteiger partial charge in [-0.1, -0.05) is 40.2 Å². The summed E-state index contributed by atoms with van der Waals surface area (Å²) < 4.78 is 11.9. The molecule has 0 fully saturated rings. The van der Waals surface area contributed by atoms with Crippen LogP contribution < -0.4 is 14.8 Å². The van der Waals surface area contributed by atoms with Gasteiger partial charge >= 0.3 is 0 Å². The number of hydrogen-bond donors (Lipinski definition) is 1. The van der Waals surface area contributed by atoms with Crippen molar-refractivity contribution in [1.29, 1.82) is 0 Å². The minimum atomic E-state index is -0.627. The van der Waals surface area contributed by atoms with Crippen LogP contribution in [-0.4, -0.2) is 43.0 Å². The predicted octanol–water partition coefficient (Wildman–Crippen LogP) is 3.39. The van der Waals surface area contributed by atoms with Crippen molar-refractivity contribution in [3.63, 3.8) is 0 Å².